The SMILES string of the molecule is CC(C)Cc1ccc2ccccc2n1.CCCCc1ccc2ccccc2n1. The number of hydrogen-bond donors (Lipinski definition) is 0. The van der Waals surface area contributed by atoms with Crippen LogP contribution in [0.3, 0.4) is 0 Å². The quantitative estimate of drug-likeness (QED) is 0.377. The lowest BCUT2D eigenvalue weighted by atomic mass is 10.1. The highest BCUT2D eigenvalue weighted by molar-refractivity contribution is 5.79. The maximum absolute atomic E-state index is 4.62. The van der Waals surface area contributed by atoms with Gasteiger partial charge in [0.1, 0.15) is 0 Å². The zero-order valence-corrected chi connectivity index (χ0v) is 17.2. The highest BCUT2D eigenvalue weighted by atomic mass is 14.7. The number of pyridine rings is 2. The van der Waals surface area contributed by atoms with E-state index in [0.717, 1.165) is 23.9 Å². The number of unbranched alkanes of at least 4 members (excludes halogenated alkanes) is 1. The number of nitrogens with zero attached hydrogens (tertiary/aromatic N) is 2. The van der Waals surface area contributed by atoms with Crippen molar-refractivity contribution in [1.82, 2.24) is 9.97 Å². The Morgan fingerprint density at radius 2 is 1.21 bits per heavy atom. The molecule has 0 radical (unpaired) electrons. The lowest BCUT2D eigenvalue weighted by Gasteiger charge is -2.04. The largest absolute Gasteiger partial charge is 0.253 e. The van der Waals surface area contributed by atoms with Crippen molar-refractivity contribution in [2.45, 2.75) is 46.5 Å². The smallest absolute Gasteiger partial charge is 0.0705 e. The van der Waals surface area contributed by atoms with Gasteiger partial charge in [-0.05, 0) is 49.4 Å². The van der Waals surface area contributed by atoms with E-state index in [-0.39, 0.29) is 0 Å². The minimum atomic E-state index is 0.670. The first kappa shape index (κ1) is 20.0. The van der Waals surface area contributed by atoms with Crippen LogP contribution in [0.15, 0.2) is 72.8 Å². The number of aryl methyl sites for hydroxylation is 1. The molecule has 0 saturated heterocycles. The van der Waals surface area contributed by atoms with Crippen molar-refractivity contribution >= 4 is 21.8 Å². The number of benzene rings is 2. The zero-order chi connectivity index (χ0) is 19.8. The van der Waals surface area contributed by atoms with Gasteiger partial charge in [-0.1, -0.05) is 75.7 Å². The molecule has 0 saturated carbocycles. The molecule has 0 aliphatic carbocycles. The van der Waals surface area contributed by atoms with Crippen LogP contribution in [0.4, 0.5) is 0 Å². The van der Waals surface area contributed by atoms with E-state index in [1.807, 2.05) is 18.2 Å². The predicted molar refractivity (Wildman–Crippen MR) is 121 cm³/mol. The molecule has 0 spiro atoms. The lowest BCUT2D eigenvalue weighted by molar-refractivity contribution is 0.637. The van der Waals surface area contributed by atoms with Crippen LogP contribution in [0.1, 0.15) is 45.0 Å². The van der Waals surface area contributed by atoms with E-state index >= 15 is 0 Å². The molecule has 0 amide bonds. The molecule has 144 valence electrons. The number of hydrogen-bond acceptors (Lipinski definition) is 2. The average Bonchev–Trinajstić information content (AvgIpc) is 2.72. The Morgan fingerprint density at radius 3 is 1.79 bits per heavy atom. The second kappa shape index (κ2) is 9.98. The Morgan fingerprint density at radius 1 is 0.679 bits per heavy atom. The molecule has 4 aromatic rings. The normalized spacial score (nSPS) is 10.9. The molecule has 0 aliphatic rings. The zero-order valence-electron chi connectivity index (χ0n) is 17.2. The fraction of sp³-hybridized carbons (Fsp3) is 0.308. The van der Waals surface area contributed by atoms with E-state index in [2.05, 4.69) is 85.3 Å². The maximum Gasteiger partial charge on any atom is 0.0705 e. The fourth-order valence-corrected chi connectivity index (χ4v) is 3.25. The van der Waals surface area contributed by atoms with E-state index in [1.165, 1.54) is 35.0 Å². The third kappa shape index (κ3) is 5.63. The summed E-state index contributed by atoms with van der Waals surface area (Å²) in [7, 11) is 0. The minimum Gasteiger partial charge on any atom is -0.253 e. The summed E-state index contributed by atoms with van der Waals surface area (Å²) in [4.78, 5) is 9.23. The van der Waals surface area contributed by atoms with Gasteiger partial charge in [0, 0.05) is 22.2 Å². The van der Waals surface area contributed by atoms with Crippen molar-refractivity contribution in [1.29, 1.82) is 0 Å². The van der Waals surface area contributed by atoms with Gasteiger partial charge in [-0.3, -0.25) is 9.97 Å². The Hall–Kier alpha value is -2.74. The molecule has 2 heterocycles. The van der Waals surface area contributed by atoms with E-state index in [1.54, 1.807) is 0 Å². The van der Waals surface area contributed by atoms with Crippen LogP contribution in [-0.4, -0.2) is 9.97 Å². The van der Waals surface area contributed by atoms with Gasteiger partial charge in [-0.2, -0.15) is 0 Å². The molecule has 2 aromatic carbocycles. The Balaban J connectivity index is 0.000000161. The van der Waals surface area contributed by atoms with Gasteiger partial charge in [-0.15, -0.1) is 0 Å². The van der Waals surface area contributed by atoms with E-state index < -0.39 is 0 Å². The molecule has 0 fully saturated rings. The molecule has 0 N–H and O–H groups in total. The van der Waals surface area contributed by atoms with Crippen molar-refractivity contribution < 1.29 is 0 Å². The van der Waals surface area contributed by atoms with Gasteiger partial charge in [0.15, 0.2) is 0 Å². The minimum absolute atomic E-state index is 0.670. The molecule has 2 aromatic heterocycles. The standard InChI is InChI=1S/2C13H15N/c1-10(2)9-12-8-7-11-5-3-4-6-13(11)14-12;1-2-3-7-12-10-9-11-6-4-5-8-13(11)14-12/h3-8,10H,9H2,1-2H3;4-6,8-10H,2-3,7H2,1H3. The topological polar surface area (TPSA) is 25.8 Å². The Labute approximate surface area is 168 Å². The summed E-state index contributed by atoms with van der Waals surface area (Å²) in [6.45, 7) is 6.65. The summed E-state index contributed by atoms with van der Waals surface area (Å²) in [5, 5.41) is 2.45. The van der Waals surface area contributed by atoms with Gasteiger partial charge in [0.05, 0.1) is 11.0 Å². The molecular weight excluding hydrogens is 340 g/mol. The predicted octanol–water partition coefficient (Wildman–Crippen LogP) is 7.01. The van der Waals surface area contributed by atoms with Crippen LogP contribution in [0.5, 0.6) is 0 Å². The second-order valence-corrected chi connectivity index (χ2v) is 7.69. The fourth-order valence-electron chi connectivity index (χ4n) is 3.25. The molecule has 0 atom stereocenters. The van der Waals surface area contributed by atoms with E-state index in [9.17, 15) is 0 Å². The number of fused-ring (bicyclic) bond motifs is 2. The third-order valence-corrected chi connectivity index (χ3v) is 4.72. The van der Waals surface area contributed by atoms with Crippen molar-refractivity contribution in [2.75, 3.05) is 0 Å². The first-order valence-electron chi connectivity index (χ1n) is 10.3. The first-order valence-corrected chi connectivity index (χ1v) is 10.3. The highest BCUT2D eigenvalue weighted by Crippen LogP contribution is 2.14. The van der Waals surface area contributed by atoms with Crippen LogP contribution in [0.2, 0.25) is 0 Å². The molecule has 28 heavy (non-hydrogen) atoms. The molecule has 2 heteroatoms. The maximum atomic E-state index is 4.62. The first-order chi connectivity index (χ1) is 13.7. The van der Waals surface area contributed by atoms with E-state index in [4.69, 9.17) is 0 Å². The van der Waals surface area contributed by atoms with Crippen LogP contribution in [0.25, 0.3) is 21.8 Å². The summed E-state index contributed by atoms with van der Waals surface area (Å²) in [5.41, 5.74) is 4.62. The van der Waals surface area contributed by atoms with Gasteiger partial charge in [0.25, 0.3) is 0 Å². The number of aromatic nitrogens is 2. The van der Waals surface area contributed by atoms with Crippen molar-refractivity contribution in [3.63, 3.8) is 0 Å². The summed E-state index contributed by atoms with van der Waals surface area (Å²) in [6.07, 6.45) is 4.62. The average molecular weight is 371 g/mol. The van der Waals surface area contributed by atoms with Crippen molar-refractivity contribution in [2.24, 2.45) is 5.92 Å². The van der Waals surface area contributed by atoms with Gasteiger partial charge in [-0.25, -0.2) is 0 Å². The highest BCUT2D eigenvalue weighted by Gasteiger charge is 2.00. The molecule has 0 unspecified atom stereocenters. The summed E-state index contributed by atoms with van der Waals surface area (Å²) >= 11 is 0. The van der Waals surface area contributed by atoms with Crippen LogP contribution >= 0.6 is 0 Å². The number of para-hydroxylation sites is 2. The van der Waals surface area contributed by atoms with Crippen molar-refractivity contribution in [3.05, 3.63) is 84.2 Å². The molecular formula is C26H30N2. The molecule has 0 aliphatic heterocycles. The van der Waals surface area contributed by atoms with Crippen molar-refractivity contribution in [3.8, 4) is 0 Å². The summed E-state index contributed by atoms with van der Waals surface area (Å²) in [6, 6.07) is 25.1. The molecule has 0 bridgehead atoms. The summed E-state index contributed by atoms with van der Waals surface area (Å²) < 4.78 is 0. The Bertz CT molecular complexity index is 1020. The monoisotopic (exact) mass is 370 g/mol. The van der Waals surface area contributed by atoms with Gasteiger partial charge in [0.2, 0.25) is 0 Å². The van der Waals surface area contributed by atoms with Gasteiger partial charge >= 0.3 is 0 Å². The molecule has 4 rings (SSSR count). The summed E-state index contributed by atoms with van der Waals surface area (Å²) in [5.74, 6) is 0.670. The number of rotatable bonds is 5. The molecule has 2 nitrogen and oxygen atoms in total. The van der Waals surface area contributed by atoms with Crippen LogP contribution in [-0.2, 0) is 12.8 Å². The second-order valence-electron chi connectivity index (χ2n) is 7.69. The van der Waals surface area contributed by atoms with Gasteiger partial charge < -0.3 is 0 Å². The third-order valence-electron chi connectivity index (χ3n) is 4.72. The lowest BCUT2D eigenvalue weighted by Crippen LogP contribution is -1.96. The van der Waals surface area contributed by atoms with E-state index in [0.29, 0.717) is 5.92 Å². The van der Waals surface area contributed by atoms with Crippen LogP contribution in [0, 0.1) is 5.92 Å². The Kier molecular flexibility index (Phi) is 7.13. The van der Waals surface area contributed by atoms with Crippen LogP contribution < -0.4 is 0 Å².